The summed E-state index contributed by atoms with van der Waals surface area (Å²) in [4.78, 5) is 40.3. The summed E-state index contributed by atoms with van der Waals surface area (Å²) in [5, 5.41) is 4.01. The van der Waals surface area contributed by atoms with Gasteiger partial charge in [-0.05, 0) is 96.0 Å². The molecule has 0 aliphatic rings. The number of amides is 2. The van der Waals surface area contributed by atoms with Gasteiger partial charge in [0.15, 0.2) is 0 Å². The molecule has 8 heteroatoms. The summed E-state index contributed by atoms with van der Waals surface area (Å²) in [6, 6.07) is 21.5. The molecule has 0 spiro atoms. The number of hydrogen-bond acceptors (Lipinski definition) is 5. The Balaban J connectivity index is 1.50. The fraction of sp³-hybridized carbons (Fsp3) is 0.316. The Morgan fingerprint density at radius 1 is 0.913 bits per heavy atom. The predicted molar refractivity (Wildman–Crippen MR) is 187 cm³/mol. The molecule has 2 N–H and O–H groups in total. The molecule has 0 bridgehead atoms. The number of aryl methyl sites for hydroxylation is 1. The van der Waals surface area contributed by atoms with Crippen molar-refractivity contribution in [3.63, 3.8) is 0 Å². The van der Waals surface area contributed by atoms with Gasteiger partial charge in [0, 0.05) is 41.3 Å². The lowest BCUT2D eigenvalue weighted by molar-refractivity contribution is 0.256. The molecule has 3 heterocycles. The number of rotatable bonds is 11. The van der Waals surface area contributed by atoms with Gasteiger partial charge in [-0.25, -0.2) is 9.78 Å². The summed E-state index contributed by atoms with van der Waals surface area (Å²) in [6.07, 6.45) is 5.05. The van der Waals surface area contributed by atoms with E-state index in [-0.39, 0.29) is 23.4 Å². The van der Waals surface area contributed by atoms with E-state index >= 15 is 0 Å². The van der Waals surface area contributed by atoms with Gasteiger partial charge in [-0.1, -0.05) is 59.2 Å². The lowest BCUT2D eigenvalue weighted by atomic mass is 9.88. The molecule has 0 atom stereocenters. The number of hydrogen-bond donors (Lipinski definition) is 2. The van der Waals surface area contributed by atoms with Crippen LogP contribution in [0, 0.1) is 6.92 Å². The number of nitrogens with one attached hydrogen (secondary N) is 2. The van der Waals surface area contributed by atoms with Gasteiger partial charge in [0.2, 0.25) is 0 Å². The van der Waals surface area contributed by atoms with Gasteiger partial charge in [-0.2, -0.15) is 0 Å². The summed E-state index contributed by atoms with van der Waals surface area (Å²) >= 11 is 0. The SMILES string of the molecule is CCCCN(C(=O)Nc1c(C(C)C)cc(-c2cccc(OCc3cccnc3C)c2)cc1C(C)C)c1cc2cccnc2[nH]c1=O. The Morgan fingerprint density at radius 2 is 1.63 bits per heavy atom. The number of aromatic nitrogens is 3. The minimum atomic E-state index is -0.346. The van der Waals surface area contributed by atoms with Gasteiger partial charge in [0.25, 0.3) is 5.56 Å². The molecule has 0 aliphatic carbocycles. The van der Waals surface area contributed by atoms with Crippen LogP contribution in [-0.4, -0.2) is 27.5 Å². The van der Waals surface area contributed by atoms with Gasteiger partial charge in [0.05, 0.1) is 0 Å². The number of fused-ring (bicyclic) bond motifs is 1. The molecular formula is C38H43N5O3. The van der Waals surface area contributed by atoms with Crippen molar-refractivity contribution in [1.82, 2.24) is 15.0 Å². The number of carbonyl (C=O) groups is 1. The maximum atomic E-state index is 14.1. The summed E-state index contributed by atoms with van der Waals surface area (Å²) in [7, 11) is 0. The van der Waals surface area contributed by atoms with Gasteiger partial charge in [-0.3, -0.25) is 14.7 Å². The molecule has 46 heavy (non-hydrogen) atoms. The van der Waals surface area contributed by atoms with Crippen molar-refractivity contribution in [3.8, 4) is 16.9 Å². The smallest absolute Gasteiger partial charge is 0.326 e. The zero-order chi connectivity index (χ0) is 32.8. The average Bonchev–Trinajstić information content (AvgIpc) is 3.04. The third-order valence-electron chi connectivity index (χ3n) is 8.22. The van der Waals surface area contributed by atoms with E-state index < -0.39 is 0 Å². The van der Waals surface area contributed by atoms with Crippen LogP contribution >= 0.6 is 0 Å². The summed E-state index contributed by atoms with van der Waals surface area (Å²) in [5.74, 6) is 1.03. The van der Waals surface area contributed by atoms with E-state index in [1.807, 2.05) is 43.3 Å². The van der Waals surface area contributed by atoms with E-state index in [4.69, 9.17) is 4.74 Å². The number of aromatic amines is 1. The number of H-pyrrole nitrogens is 1. The number of unbranched alkanes of at least 4 members (excludes halogenated alkanes) is 1. The molecule has 2 aromatic carbocycles. The molecule has 0 saturated heterocycles. The van der Waals surface area contributed by atoms with Crippen LogP contribution in [0.15, 0.2) is 83.9 Å². The van der Waals surface area contributed by atoms with E-state index in [0.717, 1.165) is 63.2 Å². The van der Waals surface area contributed by atoms with E-state index in [1.165, 1.54) is 0 Å². The molecule has 2 amide bonds. The molecule has 238 valence electrons. The fourth-order valence-corrected chi connectivity index (χ4v) is 5.55. The van der Waals surface area contributed by atoms with Crippen LogP contribution in [-0.2, 0) is 6.61 Å². The highest BCUT2D eigenvalue weighted by molar-refractivity contribution is 6.03. The second-order valence-electron chi connectivity index (χ2n) is 12.3. The van der Waals surface area contributed by atoms with Crippen molar-refractivity contribution in [2.24, 2.45) is 0 Å². The first-order valence-electron chi connectivity index (χ1n) is 16.0. The van der Waals surface area contributed by atoms with E-state index in [2.05, 4.69) is 79.2 Å². The summed E-state index contributed by atoms with van der Waals surface area (Å²) in [5.41, 5.74) is 7.38. The maximum absolute atomic E-state index is 14.1. The second-order valence-corrected chi connectivity index (χ2v) is 12.3. The van der Waals surface area contributed by atoms with Crippen molar-refractivity contribution < 1.29 is 9.53 Å². The zero-order valence-corrected chi connectivity index (χ0v) is 27.6. The highest BCUT2D eigenvalue weighted by Gasteiger charge is 2.24. The number of urea groups is 1. The van der Waals surface area contributed by atoms with Gasteiger partial charge < -0.3 is 15.0 Å². The molecule has 0 aliphatic heterocycles. The molecule has 0 fully saturated rings. The maximum Gasteiger partial charge on any atom is 0.326 e. The molecule has 3 aromatic heterocycles. The van der Waals surface area contributed by atoms with Crippen molar-refractivity contribution >= 4 is 28.4 Å². The van der Waals surface area contributed by atoms with Crippen LogP contribution in [0.1, 0.15) is 81.7 Å². The zero-order valence-electron chi connectivity index (χ0n) is 27.6. The molecule has 8 nitrogen and oxygen atoms in total. The third-order valence-corrected chi connectivity index (χ3v) is 8.22. The Hall–Kier alpha value is -4.98. The third kappa shape index (κ3) is 7.28. The minimum Gasteiger partial charge on any atom is -0.489 e. The van der Waals surface area contributed by atoms with E-state index in [0.29, 0.717) is 24.5 Å². The molecule has 0 saturated carbocycles. The van der Waals surface area contributed by atoms with Gasteiger partial charge in [-0.15, -0.1) is 0 Å². The molecule has 5 aromatic rings. The van der Waals surface area contributed by atoms with E-state index in [1.54, 1.807) is 23.4 Å². The predicted octanol–water partition coefficient (Wildman–Crippen LogP) is 8.96. The number of nitrogens with zero attached hydrogens (tertiary/aromatic N) is 3. The first-order valence-corrected chi connectivity index (χ1v) is 16.0. The van der Waals surface area contributed by atoms with Crippen molar-refractivity contribution in [1.29, 1.82) is 0 Å². The van der Waals surface area contributed by atoms with Crippen LogP contribution in [0.5, 0.6) is 5.75 Å². The van der Waals surface area contributed by atoms with Crippen molar-refractivity contribution in [2.75, 3.05) is 16.8 Å². The van der Waals surface area contributed by atoms with Crippen molar-refractivity contribution in [3.05, 3.63) is 112 Å². The Kier molecular flexibility index (Phi) is 10.2. The minimum absolute atomic E-state index is 0.125. The quantitative estimate of drug-likeness (QED) is 0.154. The summed E-state index contributed by atoms with van der Waals surface area (Å²) < 4.78 is 6.17. The first-order chi connectivity index (χ1) is 22.2. The normalized spacial score (nSPS) is 11.3. The number of anilines is 2. The monoisotopic (exact) mass is 617 g/mol. The van der Waals surface area contributed by atoms with Crippen LogP contribution in [0.3, 0.4) is 0 Å². The standard InChI is InChI=1S/C38H43N5O3/c1-7-8-18-43(34-22-28-13-10-17-40-36(28)42-37(34)44)38(45)41-35-32(24(2)3)20-30(21-33(35)25(4)5)27-12-9-15-31(19-27)46-23-29-14-11-16-39-26(29)6/h9-17,19-22,24-25H,7-8,18,23H2,1-6H3,(H,41,45)(H,40,42,44). The fourth-order valence-electron chi connectivity index (χ4n) is 5.55. The molecule has 0 radical (unpaired) electrons. The first kappa shape index (κ1) is 32.4. The van der Waals surface area contributed by atoms with Crippen molar-refractivity contribution in [2.45, 2.75) is 72.8 Å². The number of ether oxygens (including phenoxy) is 1. The van der Waals surface area contributed by atoms with Gasteiger partial charge in [0.1, 0.15) is 23.7 Å². The average molecular weight is 618 g/mol. The molecule has 5 rings (SSSR count). The molecule has 0 unspecified atom stereocenters. The van der Waals surface area contributed by atoms with E-state index in [9.17, 15) is 9.59 Å². The summed E-state index contributed by atoms with van der Waals surface area (Å²) in [6.45, 7) is 13.4. The van der Waals surface area contributed by atoms with Crippen LogP contribution in [0.4, 0.5) is 16.2 Å². The van der Waals surface area contributed by atoms with Gasteiger partial charge >= 0.3 is 6.03 Å². The Morgan fingerprint density at radius 3 is 2.33 bits per heavy atom. The Bertz CT molecular complexity index is 1870. The Labute approximate surface area is 270 Å². The highest BCUT2D eigenvalue weighted by Crippen LogP contribution is 2.38. The largest absolute Gasteiger partial charge is 0.489 e. The number of benzene rings is 2. The lowest BCUT2D eigenvalue weighted by Crippen LogP contribution is -2.39. The molecular weight excluding hydrogens is 574 g/mol. The van der Waals surface area contributed by atoms with Crippen LogP contribution in [0.2, 0.25) is 0 Å². The number of pyridine rings is 3. The van der Waals surface area contributed by atoms with Crippen LogP contribution < -0.4 is 20.5 Å². The lowest BCUT2D eigenvalue weighted by Gasteiger charge is -2.27. The second kappa shape index (κ2) is 14.4. The van der Waals surface area contributed by atoms with Crippen LogP contribution in [0.25, 0.3) is 22.2 Å². The number of carbonyl (C=O) groups excluding carboxylic acids is 1. The topological polar surface area (TPSA) is 100 Å². The highest BCUT2D eigenvalue weighted by atomic mass is 16.5.